The third-order valence-corrected chi connectivity index (χ3v) is 3.16. The summed E-state index contributed by atoms with van der Waals surface area (Å²) in [6.07, 6.45) is 0.486. The maximum Gasteiger partial charge on any atom is 0.123 e. The Morgan fingerprint density at radius 2 is 1.68 bits per heavy atom. The van der Waals surface area contributed by atoms with Crippen LogP contribution in [-0.2, 0) is 11.2 Å². The van der Waals surface area contributed by atoms with Gasteiger partial charge in [-0.25, -0.2) is 4.39 Å². The van der Waals surface area contributed by atoms with E-state index in [9.17, 15) is 4.39 Å². The lowest BCUT2D eigenvalue weighted by Crippen LogP contribution is -2.31. The molecule has 2 N–H and O–H groups in total. The summed E-state index contributed by atoms with van der Waals surface area (Å²) in [7, 11) is 1.65. The number of methoxy groups -OCH3 is 1. The summed E-state index contributed by atoms with van der Waals surface area (Å²) in [5.41, 5.74) is 8.27. The van der Waals surface area contributed by atoms with Gasteiger partial charge in [-0.15, -0.1) is 0 Å². The molecule has 2 aromatic rings. The number of nitrogens with two attached hydrogens (primary N) is 1. The van der Waals surface area contributed by atoms with Gasteiger partial charge in [0.2, 0.25) is 0 Å². The third kappa shape index (κ3) is 3.63. The molecule has 2 rings (SSSR count). The molecule has 100 valence electrons. The number of hydrogen-bond donors (Lipinski definition) is 1. The van der Waals surface area contributed by atoms with E-state index in [2.05, 4.69) is 0 Å². The predicted octanol–water partition coefficient (Wildman–Crippen LogP) is 3.08. The van der Waals surface area contributed by atoms with Crippen LogP contribution in [0.4, 0.5) is 4.39 Å². The Balaban J connectivity index is 2.09. The van der Waals surface area contributed by atoms with Gasteiger partial charge >= 0.3 is 0 Å². The third-order valence-electron chi connectivity index (χ3n) is 3.16. The molecule has 0 aliphatic rings. The molecule has 3 heteroatoms. The quantitative estimate of drug-likeness (QED) is 0.895. The Morgan fingerprint density at radius 1 is 1.05 bits per heavy atom. The number of benzene rings is 2. The van der Waals surface area contributed by atoms with Crippen molar-refractivity contribution in [2.24, 2.45) is 5.73 Å². The molecule has 2 atom stereocenters. The van der Waals surface area contributed by atoms with Crippen LogP contribution in [0.2, 0.25) is 0 Å². The molecule has 0 fully saturated rings. The molecule has 2 nitrogen and oxygen atoms in total. The fourth-order valence-electron chi connectivity index (χ4n) is 2.20. The number of halogens is 1. The molecule has 0 aliphatic carbocycles. The number of hydrogen-bond acceptors (Lipinski definition) is 2. The monoisotopic (exact) mass is 259 g/mol. The van der Waals surface area contributed by atoms with E-state index in [4.69, 9.17) is 10.5 Å². The first-order valence-electron chi connectivity index (χ1n) is 6.28. The maximum atomic E-state index is 12.9. The second kappa shape index (κ2) is 6.45. The number of rotatable bonds is 5. The van der Waals surface area contributed by atoms with Crippen molar-refractivity contribution in [2.45, 2.75) is 18.6 Å². The highest BCUT2D eigenvalue weighted by Gasteiger charge is 2.19. The van der Waals surface area contributed by atoms with Gasteiger partial charge in [-0.2, -0.15) is 0 Å². The van der Waals surface area contributed by atoms with Crippen molar-refractivity contribution in [3.05, 3.63) is 71.5 Å². The Morgan fingerprint density at radius 3 is 2.26 bits per heavy atom. The van der Waals surface area contributed by atoms with Gasteiger partial charge in [0.15, 0.2) is 0 Å². The minimum Gasteiger partial charge on any atom is -0.375 e. The largest absolute Gasteiger partial charge is 0.375 e. The van der Waals surface area contributed by atoms with Gasteiger partial charge < -0.3 is 10.5 Å². The van der Waals surface area contributed by atoms with E-state index in [-0.39, 0.29) is 18.0 Å². The Labute approximate surface area is 113 Å². The smallest absolute Gasteiger partial charge is 0.123 e. The van der Waals surface area contributed by atoms with E-state index in [1.165, 1.54) is 12.1 Å². The molecule has 0 heterocycles. The highest BCUT2D eigenvalue weighted by molar-refractivity contribution is 5.22. The lowest BCUT2D eigenvalue weighted by Gasteiger charge is -2.23. The molecule has 0 amide bonds. The van der Waals surface area contributed by atoms with Gasteiger partial charge in [-0.05, 0) is 29.7 Å². The second-order valence-corrected chi connectivity index (χ2v) is 4.56. The molecule has 0 radical (unpaired) electrons. The first-order valence-corrected chi connectivity index (χ1v) is 6.28. The second-order valence-electron chi connectivity index (χ2n) is 4.56. The minimum atomic E-state index is -0.233. The van der Waals surface area contributed by atoms with Gasteiger partial charge in [0, 0.05) is 13.2 Å². The fraction of sp³-hybridized carbons (Fsp3) is 0.250. The van der Waals surface area contributed by atoms with E-state index in [1.807, 2.05) is 30.3 Å². The lowest BCUT2D eigenvalue weighted by molar-refractivity contribution is 0.0802. The predicted molar refractivity (Wildman–Crippen MR) is 74.3 cm³/mol. The van der Waals surface area contributed by atoms with Crippen LogP contribution in [-0.4, -0.2) is 13.2 Å². The first kappa shape index (κ1) is 13.7. The van der Waals surface area contributed by atoms with E-state index in [0.717, 1.165) is 11.1 Å². The van der Waals surface area contributed by atoms with Crippen LogP contribution in [0.1, 0.15) is 17.2 Å². The van der Waals surface area contributed by atoms with Crippen molar-refractivity contribution >= 4 is 0 Å². The van der Waals surface area contributed by atoms with Crippen molar-refractivity contribution in [3.63, 3.8) is 0 Å². The molecular formula is C16H18FNO. The van der Waals surface area contributed by atoms with Gasteiger partial charge in [0.05, 0.1) is 6.10 Å². The summed E-state index contributed by atoms with van der Waals surface area (Å²) in [6, 6.07) is 16.1. The van der Waals surface area contributed by atoms with Crippen molar-refractivity contribution in [2.75, 3.05) is 7.11 Å². The van der Waals surface area contributed by atoms with Crippen LogP contribution in [0, 0.1) is 5.82 Å². The van der Waals surface area contributed by atoms with Gasteiger partial charge in [0.1, 0.15) is 5.82 Å². The molecule has 0 saturated carbocycles. The first-order chi connectivity index (χ1) is 9.20. The van der Waals surface area contributed by atoms with Crippen molar-refractivity contribution < 1.29 is 9.13 Å². The molecular weight excluding hydrogens is 241 g/mol. The van der Waals surface area contributed by atoms with Crippen LogP contribution >= 0.6 is 0 Å². The average Bonchev–Trinajstić information content (AvgIpc) is 2.43. The highest BCUT2D eigenvalue weighted by Crippen LogP contribution is 2.21. The zero-order chi connectivity index (χ0) is 13.7. The maximum absolute atomic E-state index is 12.9. The Hall–Kier alpha value is -1.71. The summed E-state index contributed by atoms with van der Waals surface area (Å²) >= 11 is 0. The summed E-state index contributed by atoms with van der Waals surface area (Å²) in [4.78, 5) is 0. The normalized spacial score (nSPS) is 14.1. The van der Waals surface area contributed by atoms with Crippen LogP contribution in [0.25, 0.3) is 0 Å². The van der Waals surface area contributed by atoms with Crippen LogP contribution in [0.5, 0.6) is 0 Å². The van der Waals surface area contributed by atoms with Gasteiger partial charge in [-0.3, -0.25) is 0 Å². The van der Waals surface area contributed by atoms with Crippen LogP contribution in [0.15, 0.2) is 54.6 Å². The zero-order valence-electron chi connectivity index (χ0n) is 10.9. The SMILES string of the molecule is COC(c1ccccc1)C(N)Cc1ccc(F)cc1. The lowest BCUT2D eigenvalue weighted by atomic mass is 9.97. The molecule has 0 bridgehead atoms. The summed E-state index contributed by atoms with van der Waals surface area (Å²) in [5.74, 6) is -0.233. The fourth-order valence-corrected chi connectivity index (χ4v) is 2.20. The summed E-state index contributed by atoms with van der Waals surface area (Å²) in [6.45, 7) is 0. The van der Waals surface area contributed by atoms with Crippen molar-refractivity contribution in [3.8, 4) is 0 Å². The average molecular weight is 259 g/mol. The molecule has 0 aromatic heterocycles. The Bertz CT molecular complexity index is 498. The Kier molecular flexibility index (Phi) is 4.66. The van der Waals surface area contributed by atoms with E-state index in [0.29, 0.717) is 6.42 Å². The summed E-state index contributed by atoms with van der Waals surface area (Å²) in [5, 5.41) is 0. The molecule has 2 aromatic carbocycles. The van der Waals surface area contributed by atoms with Gasteiger partial charge in [-0.1, -0.05) is 42.5 Å². The van der Waals surface area contributed by atoms with Gasteiger partial charge in [0.25, 0.3) is 0 Å². The zero-order valence-corrected chi connectivity index (χ0v) is 10.9. The molecule has 19 heavy (non-hydrogen) atoms. The van der Waals surface area contributed by atoms with E-state index >= 15 is 0 Å². The molecule has 0 spiro atoms. The topological polar surface area (TPSA) is 35.2 Å². The summed E-state index contributed by atoms with van der Waals surface area (Å²) < 4.78 is 18.4. The molecule has 0 saturated heterocycles. The van der Waals surface area contributed by atoms with E-state index < -0.39 is 0 Å². The number of ether oxygens (including phenoxy) is 1. The highest BCUT2D eigenvalue weighted by atomic mass is 19.1. The van der Waals surface area contributed by atoms with Crippen molar-refractivity contribution in [1.29, 1.82) is 0 Å². The van der Waals surface area contributed by atoms with Crippen LogP contribution in [0.3, 0.4) is 0 Å². The molecule has 0 aliphatic heterocycles. The molecule has 2 unspecified atom stereocenters. The van der Waals surface area contributed by atoms with E-state index in [1.54, 1.807) is 19.2 Å². The van der Waals surface area contributed by atoms with Crippen LogP contribution < -0.4 is 5.73 Å². The minimum absolute atomic E-state index is 0.161. The standard InChI is InChI=1S/C16H18FNO/c1-19-16(13-5-3-2-4-6-13)15(18)11-12-7-9-14(17)10-8-12/h2-10,15-16H,11,18H2,1H3. The van der Waals surface area contributed by atoms with Crippen molar-refractivity contribution in [1.82, 2.24) is 0 Å².